The molecule has 1 N–H and O–H groups in total. The zero-order valence-electron chi connectivity index (χ0n) is 19.3. The number of piperidine rings is 1. The summed E-state index contributed by atoms with van der Waals surface area (Å²) < 4.78 is 38.6. The van der Waals surface area contributed by atoms with Crippen molar-refractivity contribution in [1.29, 1.82) is 0 Å². The normalized spacial score (nSPS) is 19.0. The molecule has 2 aromatic heterocycles. The summed E-state index contributed by atoms with van der Waals surface area (Å²) in [6, 6.07) is 9.66. The van der Waals surface area contributed by atoms with Crippen molar-refractivity contribution in [3.8, 4) is 11.4 Å². The molecule has 35 heavy (non-hydrogen) atoms. The Morgan fingerprint density at radius 1 is 1.11 bits per heavy atom. The summed E-state index contributed by atoms with van der Waals surface area (Å²) in [6.45, 7) is 2.99. The monoisotopic (exact) mass is 481 g/mol. The van der Waals surface area contributed by atoms with E-state index in [0.29, 0.717) is 35.9 Å². The minimum atomic E-state index is -4.43. The van der Waals surface area contributed by atoms with Crippen LogP contribution in [0.4, 0.5) is 19.0 Å². The number of aryl methyl sites for hydroxylation is 1. The van der Waals surface area contributed by atoms with Gasteiger partial charge in [-0.1, -0.05) is 17.7 Å². The van der Waals surface area contributed by atoms with Crippen molar-refractivity contribution >= 4 is 11.7 Å². The van der Waals surface area contributed by atoms with Crippen molar-refractivity contribution in [3.05, 3.63) is 71.7 Å². The number of nitrogens with zero attached hydrogens (tertiary/aromatic N) is 4. The lowest BCUT2D eigenvalue weighted by atomic mass is 9.87. The van der Waals surface area contributed by atoms with Crippen LogP contribution < -0.4 is 5.32 Å². The van der Waals surface area contributed by atoms with E-state index in [2.05, 4.69) is 20.3 Å². The fourth-order valence-corrected chi connectivity index (χ4v) is 4.84. The van der Waals surface area contributed by atoms with Crippen LogP contribution in [0.15, 0.2) is 55.0 Å². The van der Waals surface area contributed by atoms with Crippen LogP contribution in [-0.2, 0) is 6.18 Å². The molecule has 1 unspecified atom stereocenters. The molecule has 1 aliphatic heterocycles. The number of hydrogen-bond acceptors (Lipinski definition) is 5. The molecule has 1 saturated heterocycles. The molecule has 1 amide bonds. The number of alkyl halides is 3. The molecule has 1 aromatic carbocycles. The van der Waals surface area contributed by atoms with Crippen LogP contribution in [0, 0.1) is 12.3 Å². The molecule has 5 rings (SSSR count). The Bertz CT molecular complexity index is 1210. The van der Waals surface area contributed by atoms with Gasteiger partial charge in [0.15, 0.2) is 5.82 Å². The highest BCUT2D eigenvalue weighted by atomic mass is 19.4. The first-order valence-corrected chi connectivity index (χ1v) is 11.7. The Balaban J connectivity index is 1.38. The third-order valence-electron chi connectivity index (χ3n) is 7.03. The van der Waals surface area contributed by atoms with Gasteiger partial charge in [-0.05, 0) is 62.3 Å². The molecule has 9 heteroatoms. The number of rotatable bonds is 5. The van der Waals surface area contributed by atoms with Gasteiger partial charge in [0.2, 0.25) is 0 Å². The van der Waals surface area contributed by atoms with Gasteiger partial charge >= 0.3 is 6.18 Å². The third kappa shape index (κ3) is 4.99. The maximum Gasteiger partial charge on any atom is 0.417 e. The van der Waals surface area contributed by atoms with E-state index in [1.165, 1.54) is 6.07 Å². The number of anilines is 1. The molecule has 3 aromatic rings. The van der Waals surface area contributed by atoms with Crippen molar-refractivity contribution in [2.45, 2.75) is 44.8 Å². The molecule has 6 nitrogen and oxygen atoms in total. The van der Waals surface area contributed by atoms with Crippen molar-refractivity contribution < 1.29 is 18.0 Å². The summed E-state index contributed by atoms with van der Waals surface area (Å²) in [5.41, 5.74) is 1.69. The number of nitrogens with one attached hydrogen (secondary N) is 1. The van der Waals surface area contributed by atoms with E-state index in [0.717, 1.165) is 43.5 Å². The van der Waals surface area contributed by atoms with Crippen LogP contribution in [-0.4, -0.2) is 44.9 Å². The Hall–Kier alpha value is -3.49. The third-order valence-corrected chi connectivity index (χ3v) is 7.03. The SMILES string of the molecule is Cc1ccc(-c2ncccn2)c(C(=O)N2CCC3(CC3)CC2CNc2ccc(C(F)(F)F)cn2)c1. The highest BCUT2D eigenvalue weighted by Crippen LogP contribution is 2.55. The number of halogens is 3. The van der Waals surface area contributed by atoms with E-state index in [1.807, 2.05) is 30.0 Å². The van der Waals surface area contributed by atoms with Crippen LogP contribution in [0.25, 0.3) is 11.4 Å². The van der Waals surface area contributed by atoms with Gasteiger partial charge in [-0.3, -0.25) is 4.79 Å². The number of carbonyl (C=O) groups excluding carboxylic acids is 1. The number of pyridine rings is 1. The lowest BCUT2D eigenvalue weighted by Crippen LogP contribution is -2.50. The zero-order valence-corrected chi connectivity index (χ0v) is 19.3. The first-order valence-electron chi connectivity index (χ1n) is 11.7. The molecule has 1 spiro atoms. The second-order valence-electron chi connectivity index (χ2n) is 9.54. The first-order chi connectivity index (χ1) is 16.7. The molecule has 1 atom stereocenters. The van der Waals surface area contributed by atoms with E-state index in [1.54, 1.807) is 18.5 Å². The van der Waals surface area contributed by atoms with E-state index in [4.69, 9.17) is 0 Å². The molecular formula is C26H26F3N5O. The lowest BCUT2D eigenvalue weighted by Gasteiger charge is -2.40. The topological polar surface area (TPSA) is 71.0 Å². The van der Waals surface area contributed by atoms with Gasteiger partial charge in [0.1, 0.15) is 5.82 Å². The summed E-state index contributed by atoms with van der Waals surface area (Å²) in [6.07, 6.45) is 3.81. The number of aromatic nitrogens is 3. The van der Waals surface area contributed by atoms with Crippen molar-refractivity contribution in [2.75, 3.05) is 18.4 Å². The molecule has 1 aliphatic carbocycles. The molecule has 2 aliphatic rings. The zero-order chi connectivity index (χ0) is 24.6. The van der Waals surface area contributed by atoms with Crippen LogP contribution in [0.2, 0.25) is 0 Å². The molecule has 1 saturated carbocycles. The van der Waals surface area contributed by atoms with E-state index in [-0.39, 0.29) is 17.4 Å². The minimum absolute atomic E-state index is 0.0844. The van der Waals surface area contributed by atoms with Gasteiger partial charge in [-0.25, -0.2) is 15.0 Å². The number of hydrogen-bond donors (Lipinski definition) is 1. The Morgan fingerprint density at radius 2 is 1.89 bits per heavy atom. The van der Waals surface area contributed by atoms with Gasteiger partial charge < -0.3 is 10.2 Å². The summed E-state index contributed by atoms with van der Waals surface area (Å²) >= 11 is 0. The van der Waals surface area contributed by atoms with E-state index >= 15 is 0 Å². The number of carbonyl (C=O) groups is 1. The predicted molar refractivity (Wildman–Crippen MR) is 126 cm³/mol. The number of likely N-dealkylation sites (tertiary alicyclic amines) is 1. The van der Waals surface area contributed by atoms with Crippen molar-refractivity contribution in [3.63, 3.8) is 0 Å². The average Bonchev–Trinajstić information content (AvgIpc) is 3.61. The molecular weight excluding hydrogens is 455 g/mol. The largest absolute Gasteiger partial charge is 0.417 e. The molecule has 182 valence electrons. The van der Waals surface area contributed by atoms with Crippen LogP contribution in [0.5, 0.6) is 0 Å². The maximum atomic E-state index is 13.9. The average molecular weight is 482 g/mol. The highest BCUT2D eigenvalue weighted by Gasteiger charge is 2.49. The van der Waals surface area contributed by atoms with Crippen LogP contribution in [0.3, 0.4) is 0 Å². The van der Waals surface area contributed by atoms with E-state index in [9.17, 15) is 18.0 Å². The second-order valence-corrected chi connectivity index (χ2v) is 9.54. The smallest absolute Gasteiger partial charge is 0.368 e. The summed E-state index contributed by atoms with van der Waals surface area (Å²) in [7, 11) is 0. The minimum Gasteiger partial charge on any atom is -0.368 e. The predicted octanol–water partition coefficient (Wildman–Crippen LogP) is 5.36. The fourth-order valence-electron chi connectivity index (χ4n) is 4.84. The Morgan fingerprint density at radius 3 is 2.54 bits per heavy atom. The number of amides is 1. The molecule has 0 radical (unpaired) electrons. The quantitative estimate of drug-likeness (QED) is 0.531. The maximum absolute atomic E-state index is 13.9. The van der Waals surface area contributed by atoms with Gasteiger partial charge in [-0.15, -0.1) is 0 Å². The van der Waals surface area contributed by atoms with Gasteiger partial charge in [0.05, 0.1) is 11.1 Å². The summed E-state index contributed by atoms with van der Waals surface area (Å²) in [5, 5.41) is 3.16. The Labute approximate surface area is 201 Å². The standard InChI is InChI=1S/C26H26F3N5O/c1-17-3-5-20(23-30-10-2-11-31-23)21(13-17)24(35)34-12-9-25(7-8-25)14-19(34)16-33-22-6-4-18(15-32-22)26(27,28)29/h2-6,10-11,13,15,19H,7-9,12,14,16H2,1H3,(H,32,33). The first kappa shape index (κ1) is 23.3. The van der Waals surface area contributed by atoms with E-state index < -0.39 is 11.7 Å². The molecule has 2 fully saturated rings. The Kier molecular flexibility index (Phi) is 5.94. The van der Waals surface area contributed by atoms with Gasteiger partial charge in [0.25, 0.3) is 5.91 Å². The lowest BCUT2D eigenvalue weighted by molar-refractivity contribution is -0.137. The molecule has 3 heterocycles. The second kappa shape index (κ2) is 8.94. The van der Waals surface area contributed by atoms with Crippen LogP contribution in [0.1, 0.15) is 47.2 Å². The molecule has 0 bridgehead atoms. The highest BCUT2D eigenvalue weighted by molar-refractivity contribution is 6.00. The fraction of sp³-hybridized carbons (Fsp3) is 0.385. The van der Waals surface area contributed by atoms with Gasteiger partial charge in [0, 0.05) is 43.3 Å². The van der Waals surface area contributed by atoms with Crippen molar-refractivity contribution in [2.24, 2.45) is 5.41 Å². The van der Waals surface area contributed by atoms with Crippen molar-refractivity contribution in [1.82, 2.24) is 19.9 Å². The summed E-state index contributed by atoms with van der Waals surface area (Å²) in [5.74, 6) is 0.767. The van der Waals surface area contributed by atoms with Crippen LogP contribution >= 0.6 is 0 Å². The number of benzene rings is 1. The van der Waals surface area contributed by atoms with Gasteiger partial charge in [-0.2, -0.15) is 13.2 Å². The summed E-state index contributed by atoms with van der Waals surface area (Å²) in [4.78, 5) is 28.3.